The third-order valence-corrected chi connectivity index (χ3v) is 5.19. The average molecular weight is 393 g/mol. The van der Waals surface area contributed by atoms with Gasteiger partial charge >= 0.3 is 0 Å². The summed E-state index contributed by atoms with van der Waals surface area (Å²) in [6.45, 7) is 7.05. The predicted molar refractivity (Wildman–Crippen MR) is 118 cm³/mol. The fourth-order valence-corrected chi connectivity index (χ4v) is 3.71. The molecule has 1 aliphatic heterocycles. The number of fused-ring (bicyclic) bond motifs is 1. The van der Waals surface area contributed by atoms with Crippen LogP contribution in [0.2, 0.25) is 0 Å². The molecular weight excluding hydrogens is 364 g/mol. The second-order valence-electron chi connectivity index (χ2n) is 7.15. The van der Waals surface area contributed by atoms with Gasteiger partial charge in [0.2, 0.25) is 0 Å². The van der Waals surface area contributed by atoms with E-state index in [1.807, 2.05) is 42.5 Å². The van der Waals surface area contributed by atoms with Crippen molar-refractivity contribution in [3.8, 4) is 5.75 Å². The van der Waals surface area contributed by atoms with Gasteiger partial charge in [-0.2, -0.15) is 0 Å². The minimum atomic E-state index is 0.340. The first-order chi connectivity index (χ1) is 14.2. The van der Waals surface area contributed by atoms with Crippen molar-refractivity contribution in [1.29, 1.82) is 0 Å². The van der Waals surface area contributed by atoms with Crippen molar-refractivity contribution in [3.63, 3.8) is 0 Å². The molecule has 2 aromatic carbocycles. The van der Waals surface area contributed by atoms with E-state index in [1.54, 1.807) is 6.07 Å². The topological polar surface area (TPSA) is 79.8 Å². The smallest absolute Gasteiger partial charge is 0.194 e. The number of benzene rings is 2. The highest BCUT2D eigenvalue weighted by molar-refractivity contribution is 5.80. The highest BCUT2D eigenvalue weighted by Gasteiger charge is 2.21. The molecule has 152 valence electrons. The molecule has 1 aliphatic rings. The van der Waals surface area contributed by atoms with Gasteiger partial charge in [-0.1, -0.05) is 24.3 Å². The van der Waals surface area contributed by atoms with E-state index in [4.69, 9.17) is 4.99 Å². The van der Waals surface area contributed by atoms with E-state index in [0.29, 0.717) is 12.3 Å². The summed E-state index contributed by atoms with van der Waals surface area (Å²) in [5.41, 5.74) is 2.97. The van der Waals surface area contributed by atoms with E-state index in [-0.39, 0.29) is 0 Å². The Balaban J connectivity index is 1.36. The molecule has 0 bridgehead atoms. The van der Waals surface area contributed by atoms with Crippen LogP contribution in [0.25, 0.3) is 11.0 Å². The zero-order chi connectivity index (χ0) is 20.1. The number of phenols is 1. The van der Waals surface area contributed by atoms with Gasteiger partial charge in [-0.05, 0) is 31.2 Å². The zero-order valence-corrected chi connectivity index (χ0v) is 16.8. The third-order valence-electron chi connectivity index (χ3n) is 5.19. The summed E-state index contributed by atoms with van der Waals surface area (Å²) < 4.78 is 0. The molecule has 1 aromatic heterocycles. The van der Waals surface area contributed by atoms with Crippen LogP contribution in [-0.2, 0) is 6.42 Å². The lowest BCUT2D eigenvalue weighted by Crippen LogP contribution is -2.52. The third kappa shape index (κ3) is 4.45. The van der Waals surface area contributed by atoms with E-state index in [9.17, 15) is 5.11 Å². The van der Waals surface area contributed by atoms with Crippen LogP contribution in [0, 0.1) is 0 Å². The van der Waals surface area contributed by atoms with Gasteiger partial charge in [0, 0.05) is 45.7 Å². The minimum absolute atomic E-state index is 0.340. The van der Waals surface area contributed by atoms with Crippen molar-refractivity contribution >= 4 is 22.7 Å². The van der Waals surface area contributed by atoms with E-state index in [2.05, 4.69) is 32.0 Å². The van der Waals surface area contributed by atoms with Crippen molar-refractivity contribution in [1.82, 2.24) is 20.2 Å². The Kier molecular flexibility index (Phi) is 5.84. The molecular formula is C22H28N6O. The Morgan fingerprint density at radius 3 is 2.62 bits per heavy atom. The summed E-state index contributed by atoms with van der Waals surface area (Å²) in [6.07, 6.45) is 0.779. The van der Waals surface area contributed by atoms with Crippen LogP contribution in [0.15, 0.2) is 53.5 Å². The standard InChI is InChI=1S/C22H28N6O/c1-2-23-22(24-12-11-21-25-17-7-3-4-8-18(17)26-21)28-15-13-27(14-16-28)19-9-5-6-10-20(19)29/h3-10,29H,2,11-16H2,1H3,(H,23,24)(H,25,26). The van der Waals surface area contributed by atoms with Gasteiger partial charge in [0.1, 0.15) is 11.6 Å². The van der Waals surface area contributed by atoms with Crippen LogP contribution >= 0.6 is 0 Å². The molecule has 1 saturated heterocycles. The number of aromatic hydroxyl groups is 1. The van der Waals surface area contributed by atoms with Gasteiger partial charge in [0.25, 0.3) is 0 Å². The lowest BCUT2D eigenvalue weighted by molar-refractivity contribution is 0.370. The maximum atomic E-state index is 10.1. The van der Waals surface area contributed by atoms with Crippen LogP contribution in [0.4, 0.5) is 5.69 Å². The van der Waals surface area contributed by atoms with Crippen molar-refractivity contribution in [2.45, 2.75) is 13.3 Å². The Labute approximate surface area is 171 Å². The number of phenolic OH excluding ortho intramolecular Hbond substituents is 1. The van der Waals surface area contributed by atoms with Crippen LogP contribution in [0.3, 0.4) is 0 Å². The van der Waals surface area contributed by atoms with Crippen LogP contribution < -0.4 is 10.2 Å². The first kappa shape index (κ1) is 19.1. The maximum absolute atomic E-state index is 10.1. The highest BCUT2D eigenvalue weighted by atomic mass is 16.3. The largest absolute Gasteiger partial charge is 0.506 e. The molecule has 1 fully saturated rings. The van der Waals surface area contributed by atoms with Crippen LogP contribution in [0.5, 0.6) is 5.75 Å². The molecule has 2 heterocycles. The Morgan fingerprint density at radius 1 is 1.10 bits per heavy atom. The highest BCUT2D eigenvalue weighted by Crippen LogP contribution is 2.27. The second kappa shape index (κ2) is 8.86. The predicted octanol–water partition coefficient (Wildman–Crippen LogP) is 2.60. The number of aromatic amines is 1. The number of piperazine rings is 1. The van der Waals surface area contributed by atoms with Crippen molar-refractivity contribution in [2.24, 2.45) is 4.99 Å². The van der Waals surface area contributed by atoms with Crippen LogP contribution in [0.1, 0.15) is 12.7 Å². The number of aliphatic imine (C=N–C) groups is 1. The molecule has 0 amide bonds. The normalized spacial score (nSPS) is 15.1. The zero-order valence-electron chi connectivity index (χ0n) is 16.8. The van der Waals surface area contributed by atoms with Gasteiger partial charge in [0.15, 0.2) is 5.96 Å². The van der Waals surface area contributed by atoms with Crippen LogP contribution in [-0.4, -0.2) is 65.2 Å². The fourth-order valence-electron chi connectivity index (χ4n) is 3.71. The van der Waals surface area contributed by atoms with E-state index in [0.717, 1.165) is 67.6 Å². The molecule has 0 spiro atoms. The lowest BCUT2D eigenvalue weighted by atomic mass is 10.2. The number of aromatic nitrogens is 2. The molecule has 4 rings (SSSR count). The molecule has 0 radical (unpaired) electrons. The average Bonchev–Trinajstić information content (AvgIpc) is 3.16. The second-order valence-corrected chi connectivity index (χ2v) is 7.15. The Hall–Kier alpha value is -3.22. The number of imidazole rings is 1. The summed E-state index contributed by atoms with van der Waals surface area (Å²) >= 11 is 0. The molecule has 7 nitrogen and oxygen atoms in total. The number of hydrogen-bond donors (Lipinski definition) is 3. The van der Waals surface area contributed by atoms with Gasteiger partial charge in [-0.15, -0.1) is 0 Å². The van der Waals surface area contributed by atoms with Crippen molar-refractivity contribution in [3.05, 3.63) is 54.4 Å². The monoisotopic (exact) mass is 392 g/mol. The van der Waals surface area contributed by atoms with Gasteiger partial charge in [0.05, 0.1) is 16.7 Å². The number of guanidine groups is 1. The van der Waals surface area contributed by atoms with Crippen molar-refractivity contribution < 1.29 is 5.11 Å². The number of rotatable bonds is 5. The summed E-state index contributed by atoms with van der Waals surface area (Å²) in [4.78, 5) is 17.3. The van der Waals surface area contributed by atoms with E-state index < -0.39 is 0 Å². The quantitative estimate of drug-likeness (QED) is 0.459. The minimum Gasteiger partial charge on any atom is -0.506 e. The van der Waals surface area contributed by atoms with E-state index >= 15 is 0 Å². The van der Waals surface area contributed by atoms with E-state index in [1.165, 1.54) is 0 Å². The first-order valence-corrected chi connectivity index (χ1v) is 10.2. The summed E-state index contributed by atoms with van der Waals surface area (Å²) in [7, 11) is 0. The Bertz CT molecular complexity index is 941. The van der Waals surface area contributed by atoms with Gasteiger partial charge < -0.3 is 25.2 Å². The summed E-state index contributed by atoms with van der Waals surface area (Å²) in [5, 5.41) is 13.5. The number of nitrogens with one attached hydrogen (secondary N) is 2. The summed E-state index contributed by atoms with van der Waals surface area (Å²) in [6, 6.07) is 15.6. The molecule has 3 aromatic rings. The van der Waals surface area contributed by atoms with Gasteiger partial charge in [-0.25, -0.2) is 4.98 Å². The molecule has 0 atom stereocenters. The van der Waals surface area contributed by atoms with Gasteiger partial charge in [-0.3, -0.25) is 4.99 Å². The first-order valence-electron chi connectivity index (χ1n) is 10.2. The lowest BCUT2D eigenvalue weighted by Gasteiger charge is -2.37. The molecule has 0 saturated carbocycles. The molecule has 7 heteroatoms. The number of nitrogens with zero attached hydrogens (tertiary/aromatic N) is 4. The van der Waals surface area contributed by atoms with Crippen molar-refractivity contribution in [2.75, 3.05) is 44.2 Å². The molecule has 0 unspecified atom stereocenters. The fraction of sp³-hybridized carbons (Fsp3) is 0.364. The number of anilines is 1. The molecule has 0 aliphatic carbocycles. The molecule has 29 heavy (non-hydrogen) atoms. The Morgan fingerprint density at radius 2 is 1.86 bits per heavy atom. The summed E-state index contributed by atoms with van der Waals surface area (Å²) in [5.74, 6) is 2.25. The number of H-pyrrole nitrogens is 1. The number of hydrogen-bond acceptors (Lipinski definition) is 4. The number of para-hydroxylation sites is 4. The SMILES string of the molecule is CCNC(=NCCc1nc2ccccc2[nH]1)N1CCN(c2ccccc2O)CC1. The maximum Gasteiger partial charge on any atom is 0.194 e. The molecule has 3 N–H and O–H groups in total.